The summed E-state index contributed by atoms with van der Waals surface area (Å²) in [5, 5.41) is 0. The molecule has 0 unspecified atom stereocenters. The van der Waals surface area contributed by atoms with E-state index in [1.54, 1.807) is 37.2 Å². The monoisotopic (exact) mass is 469 g/mol. The summed E-state index contributed by atoms with van der Waals surface area (Å²) in [7, 11) is -3.42. The molecule has 0 aliphatic carbocycles. The predicted octanol–water partition coefficient (Wildman–Crippen LogP) is 1.78. The van der Waals surface area contributed by atoms with E-state index in [4.69, 9.17) is 9.47 Å². The zero-order valence-corrected chi connectivity index (χ0v) is 20.1. The van der Waals surface area contributed by atoms with Gasteiger partial charge in [-0.25, -0.2) is 27.9 Å². The second-order valence-electron chi connectivity index (χ2n) is 8.90. The smallest absolute Gasteiger partial charge is 0.410 e. The average molecular weight is 470 g/mol. The van der Waals surface area contributed by atoms with E-state index in [-0.39, 0.29) is 24.9 Å². The van der Waals surface area contributed by atoms with Crippen LogP contribution in [0.15, 0.2) is 18.5 Å². The first-order valence-corrected chi connectivity index (χ1v) is 13.1. The first-order chi connectivity index (χ1) is 15.1. The summed E-state index contributed by atoms with van der Waals surface area (Å²) in [4.78, 5) is 25.2. The second kappa shape index (κ2) is 10.8. The van der Waals surface area contributed by atoms with Gasteiger partial charge in [0.15, 0.2) is 0 Å². The molecule has 11 heteroatoms. The first kappa shape index (κ1) is 24.7. The number of amides is 1. The number of ether oxygens (including phenoxy) is 2. The second-order valence-corrected chi connectivity index (χ2v) is 10.7. The Balaban J connectivity index is 1.65. The van der Waals surface area contributed by atoms with Crippen LogP contribution in [0.2, 0.25) is 0 Å². The Hall–Kier alpha value is -1.98. The van der Waals surface area contributed by atoms with Gasteiger partial charge >= 0.3 is 6.09 Å². The van der Waals surface area contributed by atoms with Gasteiger partial charge in [0, 0.05) is 37.6 Å². The van der Waals surface area contributed by atoms with Gasteiger partial charge in [0.1, 0.15) is 0 Å². The van der Waals surface area contributed by atoms with Crippen LogP contribution < -0.4 is 9.62 Å². The molecule has 10 nitrogen and oxygen atoms in total. The highest BCUT2D eigenvalue weighted by Gasteiger charge is 2.38. The minimum atomic E-state index is -3.42. The number of carbonyl (C=O) groups is 1. The number of aromatic nitrogens is 2. The molecule has 2 saturated heterocycles. The lowest BCUT2D eigenvalue weighted by Gasteiger charge is -2.42. The summed E-state index contributed by atoms with van der Waals surface area (Å²) in [6.45, 7) is 7.25. The van der Waals surface area contributed by atoms with Crippen molar-refractivity contribution < 1.29 is 22.7 Å². The van der Waals surface area contributed by atoms with Crippen LogP contribution in [0.1, 0.15) is 46.5 Å². The van der Waals surface area contributed by atoms with E-state index < -0.39 is 28.2 Å². The van der Waals surface area contributed by atoms with Crippen LogP contribution in [0, 0.1) is 0 Å². The molecular weight excluding hydrogens is 434 g/mol. The average Bonchev–Trinajstić information content (AvgIpc) is 2.71. The van der Waals surface area contributed by atoms with Crippen molar-refractivity contribution in [3.63, 3.8) is 0 Å². The van der Waals surface area contributed by atoms with Crippen LogP contribution in [-0.4, -0.2) is 85.7 Å². The van der Waals surface area contributed by atoms with Crippen LogP contribution in [0.3, 0.4) is 0 Å². The quantitative estimate of drug-likeness (QED) is 0.643. The predicted molar refractivity (Wildman–Crippen MR) is 121 cm³/mol. The molecular formula is C21H35N5O5S. The molecule has 1 aromatic rings. The summed E-state index contributed by atoms with van der Waals surface area (Å²) in [5.74, 6) is 0.714. The highest BCUT2D eigenvalue weighted by atomic mass is 32.2. The molecule has 3 rings (SSSR count). The molecule has 1 N–H and O–H groups in total. The van der Waals surface area contributed by atoms with Crippen molar-refractivity contribution in [2.45, 2.75) is 76.8 Å². The van der Waals surface area contributed by atoms with Crippen LogP contribution in [0.25, 0.3) is 0 Å². The van der Waals surface area contributed by atoms with Crippen molar-refractivity contribution in [3.8, 4) is 0 Å². The molecule has 1 aromatic heterocycles. The molecule has 0 saturated carbocycles. The SMILES string of the molecule is CC(C)OC(=O)N1CCC[C@H](NS(C)(=O)=O)[C@@H]1CO[C@@H]1CCN(c2ncccn2)[C@@H](C)C1. The van der Waals surface area contributed by atoms with Crippen LogP contribution >= 0.6 is 0 Å². The number of rotatable bonds is 7. The molecule has 2 fully saturated rings. The Kier molecular flexibility index (Phi) is 8.29. The van der Waals surface area contributed by atoms with E-state index in [0.29, 0.717) is 25.3 Å². The van der Waals surface area contributed by atoms with E-state index in [2.05, 4.69) is 26.5 Å². The molecule has 180 valence electrons. The Labute approximate surface area is 190 Å². The third kappa shape index (κ3) is 6.76. The van der Waals surface area contributed by atoms with Gasteiger partial charge in [0.2, 0.25) is 16.0 Å². The van der Waals surface area contributed by atoms with Crippen molar-refractivity contribution >= 4 is 22.1 Å². The molecule has 0 aromatic carbocycles. The zero-order chi connectivity index (χ0) is 23.3. The maximum atomic E-state index is 12.7. The lowest BCUT2D eigenvalue weighted by Crippen LogP contribution is -2.59. The summed E-state index contributed by atoms with van der Waals surface area (Å²) < 4.78 is 38.2. The van der Waals surface area contributed by atoms with Gasteiger partial charge in [-0.05, 0) is 52.5 Å². The van der Waals surface area contributed by atoms with Crippen LogP contribution in [0.4, 0.5) is 10.7 Å². The number of carbonyl (C=O) groups excluding carboxylic acids is 1. The Morgan fingerprint density at radius 2 is 1.97 bits per heavy atom. The highest BCUT2D eigenvalue weighted by molar-refractivity contribution is 7.88. The van der Waals surface area contributed by atoms with Crippen LogP contribution in [-0.2, 0) is 19.5 Å². The summed E-state index contributed by atoms with van der Waals surface area (Å²) >= 11 is 0. The normalized spacial score (nSPS) is 26.9. The fraction of sp³-hybridized carbons (Fsp3) is 0.762. The number of nitrogens with one attached hydrogen (secondary N) is 1. The molecule has 2 aliphatic rings. The lowest BCUT2D eigenvalue weighted by molar-refractivity contribution is -0.0274. The molecule has 0 radical (unpaired) electrons. The van der Waals surface area contributed by atoms with Crippen molar-refractivity contribution in [2.24, 2.45) is 0 Å². The summed E-state index contributed by atoms with van der Waals surface area (Å²) in [5.41, 5.74) is 0. The van der Waals surface area contributed by atoms with E-state index in [1.807, 2.05) is 0 Å². The fourth-order valence-corrected chi connectivity index (χ4v) is 5.25. The number of sulfonamides is 1. The van der Waals surface area contributed by atoms with Crippen molar-refractivity contribution in [1.29, 1.82) is 0 Å². The number of nitrogens with zero attached hydrogens (tertiary/aromatic N) is 4. The largest absolute Gasteiger partial charge is 0.447 e. The third-order valence-electron chi connectivity index (χ3n) is 5.86. The number of piperidine rings is 2. The Morgan fingerprint density at radius 3 is 2.59 bits per heavy atom. The van der Waals surface area contributed by atoms with Gasteiger partial charge in [0.25, 0.3) is 0 Å². The number of hydrogen-bond donors (Lipinski definition) is 1. The number of hydrogen-bond acceptors (Lipinski definition) is 8. The molecule has 1 amide bonds. The van der Waals surface area contributed by atoms with Gasteiger partial charge < -0.3 is 19.3 Å². The fourth-order valence-electron chi connectivity index (χ4n) is 4.42. The number of anilines is 1. The molecule has 0 spiro atoms. The van der Waals surface area contributed by atoms with Gasteiger partial charge in [-0.3, -0.25) is 0 Å². The molecule has 32 heavy (non-hydrogen) atoms. The Morgan fingerprint density at radius 1 is 1.25 bits per heavy atom. The standard InChI is InChI=1S/C21H35N5O5S/c1-15(2)31-21(27)26-11-5-7-18(24-32(4,28)29)19(26)14-30-17-8-12-25(16(3)13-17)20-22-9-6-10-23-20/h6,9-10,15-19,24H,5,7-8,11-14H2,1-4H3/t16-,17+,18-,19-/m0/s1. The molecule has 2 aliphatic heterocycles. The molecule has 0 bridgehead atoms. The van der Waals surface area contributed by atoms with Gasteiger partial charge in [-0.15, -0.1) is 0 Å². The lowest BCUT2D eigenvalue weighted by atomic mass is 9.97. The first-order valence-electron chi connectivity index (χ1n) is 11.2. The summed E-state index contributed by atoms with van der Waals surface area (Å²) in [6.07, 6.45) is 6.88. The van der Waals surface area contributed by atoms with Crippen LogP contribution in [0.5, 0.6) is 0 Å². The number of likely N-dealkylation sites (tertiary alicyclic amines) is 1. The van der Waals surface area contributed by atoms with Crippen molar-refractivity contribution in [2.75, 3.05) is 30.9 Å². The van der Waals surface area contributed by atoms with E-state index in [9.17, 15) is 13.2 Å². The zero-order valence-electron chi connectivity index (χ0n) is 19.3. The molecule has 4 atom stereocenters. The molecule has 3 heterocycles. The van der Waals surface area contributed by atoms with E-state index in [0.717, 1.165) is 25.6 Å². The van der Waals surface area contributed by atoms with Crippen molar-refractivity contribution in [3.05, 3.63) is 18.5 Å². The van der Waals surface area contributed by atoms with Crippen molar-refractivity contribution in [1.82, 2.24) is 19.6 Å². The topological polar surface area (TPSA) is 114 Å². The minimum absolute atomic E-state index is 0.00809. The third-order valence-corrected chi connectivity index (χ3v) is 6.59. The highest BCUT2D eigenvalue weighted by Crippen LogP contribution is 2.26. The van der Waals surface area contributed by atoms with Gasteiger partial charge in [-0.1, -0.05) is 0 Å². The van der Waals surface area contributed by atoms with E-state index in [1.165, 1.54) is 0 Å². The maximum Gasteiger partial charge on any atom is 0.410 e. The van der Waals surface area contributed by atoms with E-state index >= 15 is 0 Å². The maximum absolute atomic E-state index is 12.7. The minimum Gasteiger partial charge on any atom is -0.447 e. The van der Waals surface area contributed by atoms with Gasteiger partial charge in [0.05, 0.1) is 31.1 Å². The summed E-state index contributed by atoms with van der Waals surface area (Å²) in [6, 6.07) is 1.17. The van der Waals surface area contributed by atoms with Gasteiger partial charge in [-0.2, -0.15) is 0 Å². The Bertz CT molecular complexity index is 853.